The van der Waals surface area contributed by atoms with Crippen LogP contribution in [-0.2, 0) is 15.9 Å². The van der Waals surface area contributed by atoms with E-state index in [0.717, 1.165) is 56.2 Å². The molecule has 7 nitrogen and oxygen atoms in total. The van der Waals surface area contributed by atoms with Crippen LogP contribution >= 0.6 is 24.0 Å². The first-order valence-electron chi connectivity index (χ1n) is 11.6. The quantitative estimate of drug-likeness (QED) is 0.168. The monoisotopic (exact) mass is 568 g/mol. The van der Waals surface area contributed by atoms with Gasteiger partial charge in [-0.15, -0.1) is 24.0 Å². The summed E-state index contributed by atoms with van der Waals surface area (Å²) in [5.41, 5.74) is 2.15. The molecular weight excluding hydrogens is 531 g/mol. The third kappa shape index (κ3) is 11.2. The summed E-state index contributed by atoms with van der Waals surface area (Å²) in [7, 11) is 0. The van der Waals surface area contributed by atoms with Gasteiger partial charge in [0.2, 0.25) is 0 Å². The Morgan fingerprint density at radius 1 is 1.24 bits per heavy atom. The Kier molecular flexibility index (Phi) is 13.1. The number of ether oxygens (including phenoxy) is 3. The second kappa shape index (κ2) is 15.8. The number of aliphatic imine (C=N–C) groups is 1. The molecule has 1 unspecified atom stereocenters. The molecule has 0 spiro atoms. The predicted octanol–water partition coefficient (Wildman–Crippen LogP) is 4.67. The zero-order valence-corrected chi connectivity index (χ0v) is 22.0. The highest BCUT2D eigenvalue weighted by molar-refractivity contribution is 14.0. The summed E-state index contributed by atoms with van der Waals surface area (Å²) in [5, 5.41) is 6.81. The van der Waals surface area contributed by atoms with Crippen molar-refractivity contribution in [3.63, 3.8) is 0 Å². The largest absolute Gasteiger partial charge is 0.491 e. The Morgan fingerprint density at radius 3 is 2.79 bits per heavy atom. The van der Waals surface area contributed by atoms with Gasteiger partial charge in [0.1, 0.15) is 5.75 Å². The van der Waals surface area contributed by atoms with Gasteiger partial charge >= 0.3 is 0 Å². The SMILES string of the molecule is CC(C)Oc1ccc(NC(=NCCCOCC2CCCO2)NCCc2cccnc2)cc1.I. The number of rotatable bonds is 12. The molecule has 1 aromatic carbocycles. The van der Waals surface area contributed by atoms with Gasteiger partial charge in [0.05, 0.1) is 18.8 Å². The molecule has 0 saturated carbocycles. The lowest BCUT2D eigenvalue weighted by molar-refractivity contribution is 0.0171. The molecule has 2 aromatic rings. The maximum Gasteiger partial charge on any atom is 0.195 e. The molecule has 1 saturated heterocycles. The van der Waals surface area contributed by atoms with Crippen LogP contribution in [-0.4, -0.2) is 56.1 Å². The summed E-state index contributed by atoms with van der Waals surface area (Å²) in [6.07, 6.45) is 8.10. The van der Waals surface area contributed by atoms with Crippen LogP contribution in [0.2, 0.25) is 0 Å². The highest BCUT2D eigenvalue weighted by atomic mass is 127. The second-order valence-corrected chi connectivity index (χ2v) is 8.15. The van der Waals surface area contributed by atoms with Gasteiger partial charge in [-0.1, -0.05) is 6.07 Å². The zero-order valence-electron chi connectivity index (χ0n) is 19.7. The average molecular weight is 569 g/mol. The maximum absolute atomic E-state index is 5.75. The van der Waals surface area contributed by atoms with E-state index >= 15 is 0 Å². The first kappa shape index (κ1) is 27.3. The van der Waals surface area contributed by atoms with E-state index in [9.17, 15) is 0 Å². The van der Waals surface area contributed by atoms with Crippen molar-refractivity contribution in [3.8, 4) is 5.75 Å². The molecule has 1 aliphatic heterocycles. The molecule has 182 valence electrons. The maximum atomic E-state index is 5.75. The van der Waals surface area contributed by atoms with Gasteiger partial charge in [0.15, 0.2) is 5.96 Å². The van der Waals surface area contributed by atoms with Crippen LogP contribution < -0.4 is 15.4 Å². The molecule has 0 amide bonds. The van der Waals surface area contributed by atoms with E-state index in [0.29, 0.717) is 19.8 Å². The molecule has 1 aliphatic rings. The van der Waals surface area contributed by atoms with E-state index in [2.05, 4.69) is 21.7 Å². The Balaban J connectivity index is 0.00000385. The number of halogens is 1. The molecular formula is C25H37IN4O3. The number of nitrogens with one attached hydrogen (secondary N) is 2. The zero-order chi connectivity index (χ0) is 22.4. The molecule has 1 fully saturated rings. The number of aromatic nitrogens is 1. The Labute approximate surface area is 214 Å². The molecule has 33 heavy (non-hydrogen) atoms. The number of pyridine rings is 1. The van der Waals surface area contributed by atoms with Crippen LogP contribution in [0.4, 0.5) is 5.69 Å². The number of guanidine groups is 1. The second-order valence-electron chi connectivity index (χ2n) is 8.15. The lowest BCUT2D eigenvalue weighted by Crippen LogP contribution is -2.32. The van der Waals surface area contributed by atoms with Gasteiger partial charge in [-0.05, 0) is 75.4 Å². The number of hydrogen-bond acceptors (Lipinski definition) is 5. The Morgan fingerprint density at radius 2 is 2.09 bits per heavy atom. The number of benzene rings is 1. The molecule has 3 rings (SSSR count). The fourth-order valence-corrected chi connectivity index (χ4v) is 3.38. The van der Waals surface area contributed by atoms with Crippen molar-refractivity contribution < 1.29 is 14.2 Å². The van der Waals surface area contributed by atoms with Crippen molar-refractivity contribution in [2.75, 3.05) is 38.2 Å². The fourth-order valence-electron chi connectivity index (χ4n) is 3.38. The van der Waals surface area contributed by atoms with Crippen molar-refractivity contribution >= 4 is 35.6 Å². The molecule has 0 radical (unpaired) electrons. The van der Waals surface area contributed by atoms with Crippen molar-refractivity contribution in [3.05, 3.63) is 54.4 Å². The smallest absolute Gasteiger partial charge is 0.195 e. The van der Waals surface area contributed by atoms with Gasteiger partial charge in [0, 0.05) is 44.4 Å². The number of nitrogens with zero attached hydrogens (tertiary/aromatic N) is 2. The third-order valence-electron chi connectivity index (χ3n) is 4.96. The van der Waals surface area contributed by atoms with Crippen molar-refractivity contribution in [1.29, 1.82) is 0 Å². The summed E-state index contributed by atoms with van der Waals surface area (Å²) in [6.45, 7) is 7.73. The summed E-state index contributed by atoms with van der Waals surface area (Å²) in [5.74, 6) is 1.61. The predicted molar refractivity (Wildman–Crippen MR) is 144 cm³/mol. The van der Waals surface area contributed by atoms with Gasteiger partial charge < -0.3 is 24.8 Å². The molecule has 0 bridgehead atoms. The van der Waals surface area contributed by atoms with E-state index in [1.165, 1.54) is 5.56 Å². The fraction of sp³-hybridized carbons (Fsp3) is 0.520. The topological polar surface area (TPSA) is 77.0 Å². The highest BCUT2D eigenvalue weighted by Crippen LogP contribution is 2.17. The standard InChI is InChI=1S/C25H36N4O3.HI/c1-20(2)32-23-10-8-22(9-11-23)29-25(28-15-12-21-6-3-13-26-18-21)27-14-5-16-30-19-24-7-4-17-31-24;/h3,6,8-11,13,18,20,24H,4-5,7,12,14-17,19H2,1-2H3,(H2,27,28,29);1H. The van der Waals surface area contributed by atoms with Crippen LogP contribution in [0, 0.1) is 0 Å². The lowest BCUT2D eigenvalue weighted by Gasteiger charge is -2.14. The number of hydrogen-bond donors (Lipinski definition) is 2. The van der Waals surface area contributed by atoms with Gasteiger partial charge in [0.25, 0.3) is 0 Å². The minimum Gasteiger partial charge on any atom is -0.491 e. The van der Waals surface area contributed by atoms with Crippen molar-refractivity contribution in [2.45, 2.75) is 51.7 Å². The number of anilines is 1. The van der Waals surface area contributed by atoms with Crippen LogP contribution in [0.1, 0.15) is 38.7 Å². The molecule has 2 heterocycles. The third-order valence-corrected chi connectivity index (χ3v) is 4.96. The summed E-state index contributed by atoms with van der Waals surface area (Å²) in [4.78, 5) is 8.90. The Bertz CT molecular complexity index is 797. The van der Waals surface area contributed by atoms with Crippen molar-refractivity contribution in [1.82, 2.24) is 10.3 Å². The van der Waals surface area contributed by atoms with Crippen LogP contribution in [0.15, 0.2) is 53.8 Å². The van der Waals surface area contributed by atoms with Crippen LogP contribution in [0.5, 0.6) is 5.75 Å². The molecule has 8 heteroatoms. The van der Waals surface area contributed by atoms with Crippen molar-refractivity contribution in [2.24, 2.45) is 4.99 Å². The first-order valence-corrected chi connectivity index (χ1v) is 11.6. The first-order chi connectivity index (χ1) is 15.7. The van der Waals surface area contributed by atoms with Crippen LogP contribution in [0.3, 0.4) is 0 Å². The van der Waals surface area contributed by atoms with E-state index in [1.54, 1.807) is 6.20 Å². The summed E-state index contributed by atoms with van der Waals surface area (Å²) >= 11 is 0. The summed E-state index contributed by atoms with van der Waals surface area (Å²) in [6, 6.07) is 12.0. The lowest BCUT2D eigenvalue weighted by atomic mass is 10.2. The van der Waals surface area contributed by atoms with Gasteiger partial charge in [-0.3, -0.25) is 9.98 Å². The minimum atomic E-state index is 0. The van der Waals surface area contributed by atoms with E-state index in [4.69, 9.17) is 19.2 Å². The van der Waals surface area contributed by atoms with E-state index < -0.39 is 0 Å². The van der Waals surface area contributed by atoms with Crippen LogP contribution in [0.25, 0.3) is 0 Å². The molecule has 0 aliphatic carbocycles. The molecule has 2 N–H and O–H groups in total. The normalized spacial score (nSPS) is 15.8. The Hall–Kier alpha value is -1.91. The van der Waals surface area contributed by atoms with Gasteiger partial charge in [-0.25, -0.2) is 0 Å². The van der Waals surface area contributed by atoms with E-state index in [1.807, 2.05) is 50.4 Å². The molecule has 1 aromatic heterocycles. The average Bonchev–Trinajstić information content (AvgIpc) is 3.31. The highest BCUT2D eigenvalue weighted by Gasteiger charge is 2.14. The minimum absolute atomic E-state index is 0. The van der Waals surface area contributed by atoms with Gasteiger partial charge in [-0.2, -0.15) is 0 Å². The summed E-state index contributed by atoms with van der Waals surface area (Å²) < 4.78 is 17.1. The molecule has 1 atom stereocenters. The van der Waals surface area contributed by atoms with E-state index in [-0.39, 0.29) is 36.2 Å².